The number of nitrogens with one attached hydrogen (secondary N) is 1. The predicted molar refractivity (Wildman–Crippen MR) is 72.5 cm³/mol. The van der Waals surface area contributed by atoms with E-state index in [1.165, 1.54) is 0 Å². The number of hydrogen-bond donors (Lipinski definition) is 1. The Morgan fingerprint density at radius 1 is 1.10 bits per heavy atom. The fraction of sp³-hybridized carbons (Fsp3) is 0.0667. The van der Waals surface area contributed by atoms with Crippen LogP contribution in [0.5, 0.6) is 0 Å². The fourth-order valence-electron chi connectivity index (χ4n) is 1.61. The standard InChI is InChI=1S/C15H12F2N2O/c1-10(11-5-3-2-4-6-11)18-19-15(20)13-9-12(16)7-8-14(13)17/h2-9H,1H3,(H,19,20)/b18-10-. The van der Waals surface area contributed by atoms with Crippen molar-refractivity contribution in [3.05, 3.63) is 71.3 Å². The van der Waals surface area contributed by atoms with Crippen molar-refractivity contribution in [2.45, 2.75) is 6.92 Å². The summed E-state index contributed by atoms with van der Waals surface area (Å²) in [6.07, 6.45) is 0. The molecule has 0 bridgehead atoms. The van der Waals surface area contributed by atoms with Crippen molar-refractivity contribution in [3.63, 3.8) is 0 Å². The van der Waals surface area contributed by atoms with Crippen molar-refractivity contribution in [1.29, 1.82) is 0 Å². The van der Waals surface area contributed by atoms with E-state index in [-0.39, 0.29) is 5.56 Å². The normalized spacial score (nSPS) is 11.2. The molecule has 0 atom stereocenters. The number of hydrazone groups is 1. The van der Waals surface area contributed by atoms with E-state index < -0.39 is 17.5 Å². The minimum atomic E-state index is -0.795. The number of halogens is 2. The molecule has 0 aliphatic heterocycles. The van der Waals surface area contributed by atoms with Crippen LogP contribution in [0.3, 0.4) is 0 Å². The van der Waals surface area contributed by atoms with Crippen molar-refractivity contribution in [2.24, 2.45) is 5.10 Å². The molecule has 5 heteroatoms. The monoisotopic (exact) mass is 274 g/mol. The van der Waals surface area contributed by atoms with Crippen molar-refractivity contribution >= 4 is 11.6 Å². The Balaban J connectivity index is 2.14. The average Bonchev–Trinajstić information content (AvgIpc) is 2.47. The van der Waals surface area contributed by atoms with Crippen LogP contribution in [-0.4, -0.2) is 11.6 Å². The molecular formula is C15H12F2N2O. The van der Waals surface area contributed by atoms with Crippen molar-refractivity contribution in [2.75, 3.05) is 0 Å². The quantitative estimate of drug-likeness (QED) is 0.678. The molecule has 0 aliphatic rings. The molecule has 0 unspecified atom stereocenters. The zero-order valence-electron chi connectivity index (χ0n) is 10.7. The second-order valence-corrected chi connectivity index (χ2v) is 4.13. The maximum Gasteiger partial charge on any atom is 0.274 e. The first-order valence-corrected chi connectivity index (χ1v) is 5.93. The average molecular weight is 274 g/mol. The van der Waals surface area contributed by atoms with Gasteiger partial charge in [0.2, 0.25) is 0 Å². The molecule has 0 spiro atoms. The molecule has 2 aromatic rings. The number of amides is 1. The smallest absolute Gasteiger partial charge is 0.267 e. The highest BCUT2D eigenvalue weighted by atomic mass is 19.1. The number of rotatable bonds is 3. The Morgan fingerprint density at radius 3 is 2.50 bits per heavy atom. The Labute approximate surface area is 114 Å². The number of hydrogen-bond acceptors (Lipinski definition) is 2. The summed E-state index contributed by atoms with van der Waals surface area (Å²) < 4.78 is 26.4. The highest BCUT2D eigenvalue weighted by molar-refractivity contribution is 6.00. The van der Waals surface area contributed by atoms with Gasteiger partial charge in [-0.25, -0.2) is 14.2 Å². The van der Waals surface area contributed by atoms with Crippen LogP contribution in [0.4, 0.5) is 8.78 Å². The molecule has 0 saturated heterocycles. The SMILES string of the molecule is C/C(=N/NC(=O)c1cc(F)ccc1F)c1ccccc1. The van der Waals surface area contributed by atoms with E-state index in [0.717, 1.165) is 23.8 Å². The second kappa shape index (κ2) is 6.06. The van der Waals surface area contributed by atoms with E-state index in [4.69, 9.17) is 0 Å². The largest absolute Gasteiger partial charge is 0.274 e. The topological polar surface area (TPSA) is 41.5 Å². The van der Waals surface area contributed by atoms with Gasteiger partial charge < -0.3 is 0 Å². The summed E-state index contributed by atoms with van der Waals surface area (Å²) in [5.74, 6) is -2.27. The molecule has 0 aromatic heterocycles. The maximum atomic E-state index is 13.4. The minimum Gasteiger partial charge on any atom is -0.267 e. The van der Waals surface area contributed by atoms with Crippen molar-refractivity contribution < 1.29 is 13.6 Å². The van der Waals surface area contributed by atoms with E-state index in [2.05, 4.69) is 10.5 Å². The van der Waals surface area contributed by atoms with E-state index >= 15 is 0 Å². The molecule has 102 valence electrons. The fourth-order valence-corrected chi connectivity index (χ4v) is 1.61. The van der Waals surface area contributed by atoms with Gasteiger partial charge in [0, 0.05) is 0 Å². The van der Waals surface area contributed by atoms with Gasteiger partial charge in [-0.15, -0.1) is 0 Å². The molecule has 20 heavy (non-hydrogen) atoms. The number of nitrogens with zero attached hydrogens (tertiary/aromatic N) is 1. The third-order valence-electron chi connectivity index (χ3n) is 2.69. The molecule has 2 rings (SSSR count). The third-order valence-corrected chi connectivity index (χ3v) is 2.69. The summed E-state index contributed by atoms with van der Waals surface area (Å²) in [4.78, 5) is 11.7. The van der Waals surface area contributed by atoms with Crippen LogP contribution < -0.4 is 5.43 Å². The van der Waals surface area contributed by atoms with Gasteiger partial charge in [-0.05, 0) is 30.7 Å². The van der Waals surface area contributed by atoms with Crippen LogP contribution in [0, 0.1) is 11.6 Å². The van der Waals surface area contributed by atoms with Gasteiger partial charge in [-0.2, -0.15) is 5.10 Å². The Kier molecular flexibility index (Phi) is 4.20. The van der Waals surface area contributed by atoms with E-state index in [0.29, 0.717) is 5.71 Å². The van der Waals surface area contributed by atoms with Crippen LogP contribution in [0.1, 0.15) is 22.8 Å². The second-order valence-electron chi connectivity index (χ2n) is 4.13. The molecule has 0 fully saturated rings. The Hall–Kier alpha value is -2.56. The van der Waals surface area contributed by atoms with Gasteiger partial charge in [0.15, 0.2) is 0 Å². The lowest BCUT2D eigenvalue weighted by molar-refractivity contribution is 0.0950. The lowest BCUT2D eigenvalue weighted by Gasteiger charge is -2.04. The van der Waals surface area contributed by atoms with Crippen LogP contribution in [-0.2, 0) is 0 Å². The highest BCUT2D eigenvalue weighted by Crippen LogP contribution is 2.09. The lowest BCUT2D eigenvalue weighted by atomic mass is 10.1. The Bertz CT molecular complexity index is 654. The molecule has 0 heterocycles. The predicted octanol–water partition coefficient (Wildman–Crippen LogP) is 3.12. The lowest BCUT2D eigenvalue weighted by Crippen LogP contribution is -2.20. The van der Waals surface area contributed by atoms with E-state index in [1.807, 2.05) is 30.3 Å². The highest BCUT2D eigenvalue weighted by Gasteiger charge is 2.12. The van der Waals surface area contributed by atoms with Gasteiger partial charge in [0.1, 0.15) is 11.6 Å². The molecular weight excluding hydrogens is 262 g/mol. The number of benzene rings is 2. The van der Waals surface area contributed by atoms with Gasteiger partial charge in [0.05, 0.1) is 11.3 Å². The first-order chi connectivity index (χ1) is 9.58. The molecule has 3 nitrogen and oxygen atoms in total. The maximum absolute atomic E-state index is 13.4. The summed E-state index contributed by atoms with van der Waals surface area (Å²) in [7, 11) is 0. The van der Waals surface area contributed by atoms with E-state index in [9.17, 15) is 13.6 Å². The summed E-state index contributed by atoms with van der Waals surface area (Å²) in [5.41, 5.74) is 3.22. The number of carbonyl (C=O) groups excluding carboxylic acids is 1. The zero-order chi connectivity index (χ0) is 14.5. The third kappa shape index (κ3) is 3.26. The first-order valence-electron chi connectivity index (χ1n) is 5.93. The molecule has 1 amide bonds. The summed E-state index contributed by atoms with van der Waals surface area (Å²) >= 11 is 0. The van der Waals surface area contributed by atoms with Crippen LogP contribution in [0.25, 0.3) is 0 Å². The van der Waals surface area contributed by atoms with Gasteiger partial charge >= 0.3 is 0 Å². The van der Waals surface area contributed by atoms with Crippen LogP contribution in [0.2, 0.25) is 0 Å². The van der Waals surface area contributed by atoms with E-state index in [1.54, 1.807) is 6.92 Å². The van der Waals surface area contributed by atoms with Crippen molar-refractivity contribution in [1.82, 2.24) is 5.43 Å². The van der Waals surface area contributed by atoms with Gasteiger partial charge in [-0.1, -0.05) is 30.3 Å². The molecule has 0 saturated carbocycles. The summed E-state index contributed by atoms with van der Waals surface area (Å²) in [6, 6.07) is 11.9. The summed E-state index contributed by atoms with van der Waals surface area (Å²) in [6.45, 7) is 1.71. The van der Waals surface area contributed by atoms with Gasteiger partial charge in [0.25, 0.3) is 5.91 Å². The molecule has 2 aromatic carbocycles. The molecule has 0 aliphatic carbocycles. The zero-order valence-corrected chi connectivity index (χ0v) is 10.7. The molecule has 1 N–H and O–H groups in total. The summed E-state index contributed by atoms with van der Waals surface area (Å²) in [5, 5.41) is 3.87. The molecule has 0 radical (unpaired) electrons. The number of carbonyl (C=O) groups is 1. The van der Waals surface area contributed by atoms with Crippen molar-refractivity contribution in [3.8, 4) is 0 Å². The Morgan fingerprint density at radius 2 is 1.80 bits per heavy atom. The van der Waals surface area contributed by atoms with Crippen LogP contribution >= 0.6 is 0 Å². The first kappa shape index (κ1) is 13.9. The van der Waals surface area contributed by atoms with Crippen LogP contribution in [0.15, 0.2) is 53.6 Å². The van der Waals surface area contributed by atoms with Gasteiger partial charge in [-0.3, -0.25) is 4.79 Å². The minimum absolute atomic E-state index is 0.380.